The van der Waals surface area contributed by atoms with Gasteiger partial charge in [0.2, 0.25) is 5.91 Å². The van der Waals surface area contributed by atoms with Crippen LogP contribution in [0.2, 0.25) is 0 Å². The van der Waals surface area contributed by atoms with E-state index in [1.165, 1.54) is 35.0 Å². The molecule has 0 saturated heterocycles. The van der Waals surface area contributed by atoms with Gasteiger partial charge < -0.3 is 5.32 Å². The van der Waals surface area contributed by atoms with Crippen LogP contribution >= 0.6 is 11.3 Å². The van der Waals surface area contributed by atoms with E-state index in [-0.39, 0.29) is 11.8 Å². The van der Waals surface area contributed by atoms with Crippen molar-refractivity contribution in [1.82, 2.24) is 10.3 Å². The number of carbonyl (C=O) groups is 2. The zero-order chi connectivity index (χ0) is 20.3. The van der Waals surface area contributed by atoms with Crippen LogP contribution in [0.5, 0.6) is 0 Å². The van der Waals surface area contributed by atoms with Crippen LogP contribution in [0.4, 0.5) is 5.13 Å². The molecule has 5 nitrogen and oxygen atoms in total. The van der Waals surface area contributed by atoms with Gasteiger partial charge in [0.15, 0.2) is 5.13 Å². The minimum Gasteiger partial charge on any atom is -0.352 e. The molecule has 0 fully saturated rings. The number of benzene rings is 2. The van der Waals surface area contributed by atoms with E-state index in [4.69, 9.17) is 0 Å². The summed E-state index contributed by atoms with van der Waals surface area (Å²) in [5.74, 6) is -0.288. The number of carbonyl (C=O) groups excluding carboxylic acids is 2. The molecule has 0 radical (unpaired) electrons. The van der Waals surface area contributed by atoms with Crippen molar-refractivity contribution in [1.29, 1.82) is 0 Å². The maximum absolute atomic E-state index is 12.5. The van der Waals surface area contributed by atoms with E-state index in [1.54, 1.807) is 12.1 Å². The molecule has 0 aliphatic carbocycles. The Morgan fingerprint density at radius 3 is 2.36 bits per heavy atom. The smallest absolute Gasteiger partial charge is 0.257 e. The number of aryl methyl sites for hydroxylation is 3. The first-order valence-corrected chi connectivity index (χ1v) is 9.90. The standard InChI is InChI=1S/C22H23N3O2S/c1-13-9-15(3)19(10-14(13)2)20-12-28-22(24-20)25-21(27)18-7-5-17(6-8-18)11-23-16(4)26/h5-10,12H,11H2,1-4H3,(H,23,26)(H,24,25,27). The fraction of sp³-hybridized carbons (Fsp3) is 0.227. The third-order valence-corrected chi connectivity index (χ3v) is 5.36. The fourth-order valence-electron chi connectivity index (χ4n) is 2.86. The monoisotopic (exact) mass is 393 g/mol. The lowest BCUT2D eigenvalue weighted by Gasteiger charge is -2.07. The molecule has 6 heteroatoms. The van der Waals surface area contributed by atoms with Crippen LogP contribution in [-0.2, 0) is 11.3 Å². The van der Waals surface area contributed by atoms with Gasteiger partial charge in [0.25, 0.3) is 5.91 Å². The Morgan fingerprint density at radius 2 is 1.68 bits per heavy atom. The van der Waals surface area contributed by atoms with Crippen molar-refractivity contribution in [3.8, 4) is 11.3 Å². The average molecular weight is 394 g/mol. The molecule has 3 rings (SSSR count). The number of thiazole rings is 1. The van der Waals surface area contributed by atoms with E-state index in [1.807, 2.05) is 17.5 Å². The zero-order valence-electron chi connectivity index (χ0n) is 16.4. The van der Waals surface area contributed by atoms with E-state index in [0.29, 0.717) is 17.2 Å². The molecular weight excluding hydrogens is 370 g/mol. The van der Waals surface area contributed by atoms with E-state index in [0.717, 1.165) is 16.8 Å². The number of hydrogen-bond donors (Lipinski definition) is 2. The highest BCUT2D eigenvalue weighted by atomic mass is 32.1. The topological polar surface area (TPSA) is 71.1 Å². The second kappa shape index (κ2) is 8.35. The maximum Gasteiger partial charge on any atom is 0.257 e. The molecule has 2 aromatic carbocycles. The summed E-state index contributed by atoms with van der Waals surface area (Å²) < 4.78 is 0. The molecular formula is C22H23N3O2S. The van der Waals surface area contributed by atoms with Crippen molar-refractivity contribution in [3.63, 3.8) is 0 Å². The summed E-state index contributed by atoms with van der Waals surface area (Å²) in [7, 11) is 0. The molecule has 0 saturated carbocycles. The Morgan fingerprint density at radius 1 is 1.00 bits per heavy atom. The van der Waals surface area contributed by atoms with Crippen LogP contribution in [-0.4, -0.2) is 16.8 Å². The molecule has 28 heavy (non-hydrogen) atoms. The van der Waals surface area contributed by atoms with Gasteiger partial charge >= 0.3 is 0 Å². The summed E-state index contributed by atoms with van der Waals surface area (Å²) >= 11 is 1.41. The molecule has 1 aromatic heterocycles. The highest BCUT2D eigenvalue weighted by molar-refractivity contribution is 7.14. The first-order valence-electron chi connectivity index (χ1n) is 9.02. The minimum atomic E-state index is -0.205. The normalized spacial score (nSPS) is 10.6. The van der Waals surface area contributed by atoms with Gasteiger partial charge in [-0.05, 0) is 61.2 Å². The Hall–Kier alpha value is -2.99. The highest BCUT2D eigenvalue weighted by Crippen LogP contribution is 2.29. The van der Waals surface area contributed by atoms with Gasteiger partial charge in [-0.25, -0.2) is 4.98 Å². The molecule has 0 spiro atoms. The third kappa shape index (κ3) is 4.64. The summed E-state index contributed by atoms with van der Waals surface area (Å²) in [6, 6.07) is 11.4. The Balaban J connectivity index is 1.70. The largest absolute Gasteiger partial charge is 0.352 e. The lowest BCUT2D eigenvalue weighted by atomic mass is 9.99. The molecule has 0 unspecified atom stereocenters. The van der Waals surface area contributed by atoms with Crippen LogP contribution < -0.4 is 10.6 Å². The van der Waals surface area contributed by atoms with Crippen molar-refractivity contribution in [2.24, 2.45) is 0 Å². The molecule has 2 amide bonds. The van der Waals surface area contributed by atoms with Gasteiger partial charge in [-0.1, -0.05) is 18.2 Å². The third-order valence-electron chi connectivity index (χ3n) is 4.60. The van der Waals surface area contributed by atoms with Gasteiger partial charge in [-0.3, -0.25) is 14.9 Å². The summed E-state index contributed by atoms with van der Waals surface area (Å²) in [5, 5.41) is 8.13. The molecule has 1 heterocycles. The molecule has 144 valence electrons. The van der Waals surface area contributed by atoms with E-state index < -0.39 is 0 Å². The fourth-order valence-corrected chi connectivity index (χ4v) is 3.57. The van der Waals surface area contributed by atoms with Crippen LogP contribution in [0.1, 0.15) is 39.5 Å². The van der Waals surface area contributed by atoms with Crippen molar-refractivity contribution in [3.05, 3.63) is 69.6 Å². The zero-order valence-corrected chi connectivity index (χ0v) is 17.2. The predicted octanol–water partition coefficient (Wildman–Crippen LogP) is 4.62. The number of nitrogens with one attached hydrogen (secondary N) is 2. The number of aromatic nitrogens is 1. The molecule has 0 aliphatic heterocycles. The first-order chi connectivity index (χ1) is 13.3. The van der Waals surface area contributed by atoms with Crippen LogP contribution in [0.15, 0.2) is 41.8 Å². The van der Waals surface area contributed by atoms with Gasteiger partial charge in [0.05, 0.1) is 5.69 Å². The number of nitrogens with zero attached hydrogens (tertiary/aromatic N) is 1. The minimum absolute atomic E-state index is 0.0830. The summed E-state index contributed by atoms with van der Waals surface area (Å²) in [4.78, 5) is 28.0. The summed E-state index contributed by atoms with van der Waals surface area (Å²) in [6.07, 6.45) is 0. The lowest BCUT2D eigenvalue weighted by Crippen LogP contribution is -2.19. The van der Waals surface area contributed by atoms with Crippen LogP contribution in [0.25, 0.3) is 11.3 Å². The van der Waals surface area contributed by atoms with Gasteiger partial charge in [0.1, 0.15) is 0 Å². The Bertz CT molecular complexity index is 1020. The van der Waals surface area contributed by atoms with Crippen LogP contribution in [0, 0.1) is 20.8 Å². The van der Waals surface area contributed by atoms with E-state index >= 15 is 0 Å². The maximum atomic E-state index is 12.5. The quantitative estimate of drug-likeness (QED) is 0.664. The Kier molecular flexibility index (Phi) is 5.90. The van der Waals surface area contributed by atoms with Crippen molar-refractivity contribution in [2.75, 3.05) is 5.32 Å². The van der Waals surface area contributed by atoms with E-state index in [2.05, 4.69) is 48.5 Å². The van der Waals surface area contributed by atoms with Gasteiger partial charge in [0, 0.05) is 30.0 Å². The summed E-state index contributed by atoms with van der Waals surface area (Å²) in [5.41, 5.74) is 7.08. The first kappa shape index (κ1) is 19.8. The molecule has 3 aromatic rings. The number of rotatable bonds is 5. The average Bonchev–Trinajstić information content (AvgIpc) is 3.11. The number of amides is 2. The van der Waals surface area contributed by atoms with Crippen molar-refractivity contribution >= 4 is 28.3 Å². The van der Waals surface area contributed by atoms with Crippen molar-refractivity contribution < 1.29 is 9.59 Å². The highest BCUT2D eigenvalue weighted by Gasteiger charge is 2.12. The molecule has 0 atom stereocenters. The molecule has 0 bridgehead atoms. The Labute approximate surface area is 168 Å². The predicted molar refractivity (Wildman–Crippen MR) is 114 cm³/mol. The lowest BCUT2D eigenvalue weighted by molar-refractivity contribution is -0.119. The number of anilines is 1. The van der Waals surface area contributed by atoms with E-state index in [9.17, 15) is 9.59 Å². The number of hydrogen-bond acceptors (Lipinski definition) is 4. The molecule has 0 aliphatic rings. The SMILES string of the molecule is CC(=O)NCc1ccc(C(=O)Nc2nc(-c3cc(C)c(C)cc3C)cs2)cc1. The van der Waals surface area contributed by atoms with Gasteiger partial charge in [-0.2, -0.15) is 0 Å². The molecule has 2 N–H and O–H groups in total. The summed E-state index contributed by atoms with van der Waals surface area (Å²) in [6.45, 7) is 8.18. The van der Waals surface area contributed by atoms with Gasteiger partial charge in [-0.15, -0.1) is 11.3 Å². The van der Waals surface area contributed by atoms with Crippen molar-refractivity contribution in [2.45, 2.75) is 34.2 Å². The second-order valence-electron chi connectivity index (χ2n) is 6.85. The second-order valence-corrected chi connectivity index (χ2v) is 7.71. The van der Waals surface area contributed by atoms with Crippen LogP contribution in [0.3, 0.4) is 0 Å².